The number of halogens is 1. The van der Waals surface area contributed by atoms with Crippen molar-refractivity contribution in [2.75, 3.05) is 114 Å². The van der Waals surface area contributed by atoms with E-state index < -0.39 is 0 Å². The Labute approximate surface area is 690 Å². The van der Waals surface area contributed by atoms with Crippen LogP contribution in [-0.4, -0.2) is 179 Å². The molecule has 0 aliphatic carbocycles. The van der Waals surface area contributed by atoms with Crippen molar-refractivity contribution in [3.8, 4) is 0 Å². The number of aliphatic hydroxyl groups excluding tert-OH is 1. The summed E-state index contributed by atoms with van der Waals surface area (Å²) in [5.74, 6) is 1.54. The maximum atomic E-state index is 13.0. The second-order valence-electron chi connectivity index (χ2n) is 28.0. The number of aliphatic hydroxyl groups is 1. The van der Waals surface area contributed by atoms with E-state index in [4.69, 9.17) is 25.4 Å². The Morgan fingerprint density at radius 3 is 0.929 bits per heavy atom. The zero-order valence-electron chi connectivity index (χ0n) is 67.9. The topological polar surface area (TPSA) is 184 Å². The zero-order valence-corrected chi connectivity index (χ0v) is 69.9. The Morgan fingerprint density at radius 2 is 0.690 bits per heavy atom. The number of carbonyl (C=O) groups is 6. The number of nitrogens with zero attached hydrogens (tertiary/aromatic N) is 6. The third kappa shape index (κ3) is 27.7. The predicted molar refractivity (Wildman–Crippen MR) is 478 cm³/mol. The molecule has 12 rings (SSSR count). The summed E-state index contributed by atoms with van der Waals surface area (Å²) in [5, 5.41) is 14.2. The van der Waals surface area contributed by atoms with Crippen LogP contribution in [0.1, 0.15) is 201 Å². The molecule has 3 heterocycles. The van der Waals surface area contributed by atoms with Crippen LogP contribution >= 0.6 is 11.6 Å². The molecule has 0 aromatic heterocycles. The van der Waals surface area contributed by atoms with Crippen molar-refractivity contribution >= 4 is 133 Å². The first-order valence-corrected chi connectivity index (χ1v) is 39.5. The molecule has 9 aromatic carbocycles. The van der Waals surface area contributed by atoms with Gasteiger partial charge in [-0.2, -0.15) is 0 Å². The first kappa shape index (κ1) is 99.7. The fourth-order valence-corrected chi connectivity index (χ4v) is 12.6. The molecule has 19 heteroatoms. The molecule has 0 saturated heterocycles. The van der Waals surface area contributed by atoms with Crippen LogP contribution in [0.3, 0.4) is 0 Å². The van der Waals surface area contributed by atoms with E-state index in [1.807, 2.05) is 198 Å². The van der Waals surface area contributed by atoms with E-state index >= 15 is 0 Å². The summed E-state index contributed by atoms with van der Waals surface area (Å²) in [6.45, 7) is 36.2. The first-order valence-electron chi connectivity index (χ1n) is 38.4. The molecule has 0 saturated carbocycles. The average Bonchev–Trinajstić information content (AvgIpc) is 0.753. The Hall–Kier alpha value is -9.37. The van der Waals surface area contributed by atoms with E-state index in [1.165, 1.54) is 37.8 Å². The van der Waals surface area contributed by atoms with Crippen molar-refractivity contribution in [1.82, 2.24) is 14.7 Å². The molecule has 113 heavy (non-hydrogen) atoms. The van der Waals surface area contributed by atoms with E-state index in [1.54, 1.807) is 28.2 Å². The van der Waals surface area contributed by atoms with Gasteiger partial charge in [-0.3, -0.25) is 43.5 Å². The summed E-state index contributed by atoms with van der Waals surface area (Å²) >= 11 is 6.67. The minimum atomic E-state index is -0.217. The molecule has 3 aliphatic rings. The summed E-state index contributed by atoms with van der Waals surface area (Å²) in [6.07, 6.45) is 7.30. The van der Waals surface area contributed by atoms with E-state index in [0.717, 1.165) is 87.6 Å². The molecule has 1 atom stereocenters. The normalized spacial score (nSPS) is 12.2. The Morgan fingerprint density at radius 1 is 0.425 bits per heavy atom. The number of carbonyl (C=O) groups excluding carboxylic acids is 6. The van der Waals surface area contributed by atoms with Crippen LogP contribution in [0.2, 0.25) is 0 Å². The summed E-state index contributed by atoms with van der Waals surface area (Å²) in [4.78, 5) is 88.0. The van der Waals surface area contributed by atoms with Crippen LogP contribution in [0.4, 0.5) is 17.1 Å². The van der Waals surface area contributed by atoms with Gasteiger partial charge in [0.25, 0.3) is 35.4 Å². The molecule has 0 fully saturated rings. The molecule has 0 bridgehead atoms. The molecule has 16 nitrogen and oxygen atoms in total. The second kappa shape index (κ2) is 52.1. The van der Waals surface area contributed by atoms with Gasteiger partial charge in [0.1, 0.15) is 0 Å². The van der Waals surface area contributed by atoms with Gasteiger partial charge in [0.05, 0.1) is 19.8 Å². The average molecular weight is 1570 g/mol. The van der Waals surface area contributed by atoms with Crippen LogP contribution in [0.25, 0.3) is 44.5 Å². The van der Waals surface area contributed by atoms with Crippen molar-refractivity contribution in [2.24, 2.45) is 17.8 Å². The number of nitrogens with one attached hydrogen (secondary N) is 1. The van der Waals surface area contributed by atoms with Gasteiger partial charge >= 0.3 is 20.4 Å². The van der Waals surface area contributed by atoms with Crippen molar-refractivity contribution in [2.45, 2.75) is 123 Å². The molecule has 1 unspecified atom stereocenters. The Balaban J connectivity index is 0.000000478. The maximum absolute atomic E-state index is 13.0. The summed E-state index contributed by atoms with van der Waals surface area (Å²) in [5.41, 5.74) is 10.3. The van der Waals surface area contributed by atoms with Gasteiger partial charge in [-0.15, -0.1) is 11.6 Å². The van der Waals surface area contributed by atoms with Gasteiger partial charge in [-0.05, 0) is 134 Å². The number of anilines is 3. The number of hydrogen-bond donors (Lipinski definition) is 2. The standard InChI is InChI=1S/2C22H28N2O3.C20H24N2O3.C10H14.2C8H8.C2H5Cl.2CH4.Al.B.HN/c2*1-5-27-14-13-23(4)19-10-9-18-20-16(19)7-6-8-17(20)21(25)24(22(18)26)12-11-15(2)3;1-13(2)9-10-22-19(24)15-6-4-5-14-17(21(3)11-12-23)8-7-16(18(14)15)20(22)25;1-3-9(2)10-7-5-4-6-8-10;2*1-2-8-6-4-3-5-7-8;1-2-3;;;;;/h2*6-10,15H,5,11-14H2,1-4H3;4-8,13,23H,9-12H2,1-3H3;4-9H,3H2,1-2H3;2*2-7H,1H2;2H2,1H3;2*1H4;;;1H. The number of rotatable bonds is 26. The van der Waals surface area contributed by atoms with E-state index in [2.05, 4.69) is 109 Å². The number of amides is 6. The molecular weight excluding hydrogens is 1440 g/mol. The number of alkyl halides is 1. The fourth-order valence-electron chi connectivity index (χ4n) is 12.6. The first-order chi connectivity index (χ1) is 53.0. The second-order valence-corrected chi connectivity index (χ2v) is 28.5. The van der Waals surface area contributed by atoms with Crippen molar-refractivity contribution in [1.29, 1.82) is 4.35 Å². The van der Waals surface area contributed by atoms with Gasteiger partial charge in [0.2, 0.25) is 0 Å². The van der Waals surface area contributed by atoms with Crippen molar-refractivity contribution in [3.63, 3.8) is 0 Å². The molecule has 2 N–H and O–H groups in total. The van der Waals surface area contributed by atoms with Gasteiger partial charge in [0.15, 0.2) is 0 Å². The number of imide groups is 3. The van der Waals surface area contributed by atoms with Crippen molar-refractivity contribution in [3.05, 3.63) is 245 Å². The van der Waals surface area contributed by atoms with Crippen molar-refractivity contribution < 1.29 is 43.3 Å². The number of hydrogen-bond acceptors (Lipinski definition) is 13. The van der Waals surface area contributed by atoms with E-state index in [-0.39, 0.29) is 65.3 Å². The molecular formula is C94H124AlBClN7O9. The monoisotopic (exact) mass is 1570 g/mol. The number of ether oxygens (including phenoxy) is 2. The quantitative estimate of drug-likeness (QED) is 0.0227. The summed E-state index contributed by atoms with van der Waals surface area (Å²) in [6, 6.07) is 59.0. The van der Waals surface area contributed by atoms with Crippen LogP contribution in [0.5, 0.6) is 0 Å². The number of likely N-dealkylation sites (N-methyl/N-ethyl adjacent to an activating group) is 3. The SMILES string of the molecule is C.C.C=Cc1ccccc1.C=Cc1ccccc1.CC(C)CCN1C(=O)c2cccc3c(N(C)CCO)ccc(c23)C1=O.CCC(C)c1ccccc1.CCCl.CCOCCN(C)c1ccc2c3c(cccc13)C(=O)N(CCC(C)C)C2=O.CCOCCN(C)c1ccc2c3c(cccc13)C(=O)N(CCC(C)C)C2=O.[B].[NH]=[Al]. The van der Waals surface area contributed by atoms with Gasteiger partial charge in [-0.25, -0.2) is 0 Å². The molecule has 3 aliphatic heterocycles. The molecule has 4 radical (unpaired) electrons. The van der Waals surface area contributed by atoms with Gasteiger partial charge < -0.3 is 29.3 Å². The van der Waals surface area contributed by atoms with Crippen LogP contribution in [0.15, 0.2) is 195 Å². The third-order valence-corrected chi connectivity index (χ3v) is 19.0. The zero-order chi connectivity index (χ0) is 81.0. The molecule has 0 spiro atoms. The summed E-state index contributed by atoms with van der Waals surface area (Å²) < 4.78 is 16.6. The fraction of sp³-hybridized carbons (Fsp3) is 0.383. The van der Waals surface area contributed by atoms with E-state index in [0.29, 0.717) is 110 Å². The van der Waals surface area contributed by atoms with Crippen LogP contribution in [0, 0.1) is 22.1 Å². The minimum absolute atomic E-state index is 0. The van der Waals surface area contributed by atoms with E-state index in [9.17, 15) is 33.9 Å². The molecule has 602 valence electrons. The number of benzene rings is 9. The summed E-state index contributed by atoms with van der Waals surface area (Å²) in [7, 11) is 5.90. The van der Waals surface area contributed by atoms with Gasteiger partial charge in [-0.1, -0.05) is 230 Å². The molecule has 9 aromatic rings. The third-order valence-electron chi connectivity index (χ3n) is 19.0. The molecule has 6 amide bonds. The Kier molecular flexibility index (Phi) is 46.0. The van der Waals surface area contributed by atoms with Crippen LogP contribution < -0.4 is 14.7 Å². The predicted octanol–water partition coefficient (Wildman–Crippen LogP) is 20.7. The van der Waals surface area contributed by atoms with Crippen LogP contribution in [-0.2, 0) is 9.47 Å². The van der Waals surface area contributed by atoms with Gasteiger partial charge in [0, 0.05) is 171 Å². The Bertz CT molecular complexity index is 4200.